The number of aryl methyl sites for hydroxylation is 1. The van der Waals surface area contributed by atoms with Crippen molar-refractivity contribution in [2.24, 2.45) is 0 Å². The molecular weight excluding hydrogens is 164 g/mol. The van der Waals surface area contributed by atoms with Gasteiger partial charge in [0, 0.05) is 5.69 Å². The fraction of sp³-hybridized carbons (Fsp3) is 0.286. The Balaban J connectivity index is 3.25. The van der Waals surface area contributed by atoms with Crippen molar-refractivity contribution >= 4 is 17.3 Å². The molecule has 0 aromatic carbocycles. The van der Waals surface area contributed by atoms with Gasteiger partial charge in [-0.05, 0) is 13.0 Å². The van der Waals surface area contributed by atoms with E-state index in [2.05, 4.69) is 4.98 Å². The maximum atomic E-state index is 5.72. The number of ether oxygens (including phenoxy) is 1. The summed E-state index contributed by atoms with van der Waals surface area (Å²) in [6.45, 7) is 1.82. The number of methoxy groups -OCH3 is 1. The average Bonchev–Trinajstić information content (AvgIpc) is 1.85. The lowest BCUT2D eigenvalue weighted by Crippen LogP contribution is -1.96. The van der Waals surface area contributed by atoms with Gasteiger partial charge in [0.15, 0.2) is 10.9 Å². The molecule has 0 atom stereocenters. The molecule has 11 heavy (non-hydrogen) atoms. The second kappa shape index (κ2) is 2.96. The van der Waals surface area contributed by atoms with Gasteiger partial charge in [-0.15, -0.1) is 0 Å². The molecule has 1 aromatic heterocycles. The second-order valence-electron chi connectivity index (χ2n) is 2.18. The van der Waals surface area contributed by atoms with Crippen molar-refractivity contribution in [2.75, 3.05) is 12.8 Å². The molecule has 60 valence electrons. The zero-order valence-corrected chi connectivity index (χ0v) is 7.14. The number of aromatic nitrogens is 1. The SMILES string of the molecule is COc1c(N)cc(C)nc1Cl. The highest BCUT2D eigenvalue weighted by molar-refractivity contribution is 6.31. The van der Waals surface area contributed by atoms with Gasteiger partial charge >= 0.3 is 0 Å². The third-order valence-corrected chi connectivity index (χ3v) is 1.55. The van der Waals surface area contributed by atoms with Crippen LogP contribution in [0.4, 0.5) is 5.69 Å². The van der Waals surface area contributed by atoms with Gasteiger partial charge in [-0.3, -0.25) is 0 Å². The Bertz CT molecular complexity index is 252. The number of nitrogens with zero attached hydrogens (tertiary/aromatic N) is 1. The van der Waals surface area contributed by atoms with Crippen LogP contribution < -0.4 is 10.5 Å². The average molecular weight is 173 g/mol. The molecule has 0 saturated carbocycles. The molecule has 0 radical (unpaired) electrons. The van der Waals surface area contributed by atoms with E-state index in [0.29, 0.717) is 16.6 Å². The summed E-state index contributed by atoms with van der Waals surface area (Å²) >= 11 is 5.72. The number of nitrogens with two attached hydrogens (primary N) is 1. The standard InChI is InChI=1S/C7H9ClN2O/c1-4-3-5(9)6(11-2)7(8)10-4/h3H,1-2H3,(H2,9,10). The quantitative estimate of drug-likeness (QED) is 0.656. The minimum atomic E-state index is 0.310. The van der Waals surface area contributed by atoms with Gasteiger partial charge in [0.25, 0.3) is 0 Å². The molecule has 0 amide bonds. The maximum Gasteiger partial charge on any atom is 0.179 e. The summed E-state index contributed by atoms with van der Waals surface area (Å²) in [7, 11) is 1.51. The van der Waals surface area contributed by atoms with Crippen LogP contribution in [-0.2, 0) is 0 Å². The molecule has 1 rings (SSSR count). The second-order valence-corrected chi connectivity index (χ2v) is 2.53. The molecule has 0 spiro atoms. The van der Waals surface area contributed by atoms with Gasteiger partial charge in [0.05, 0.1) is 12.8 Å². The van der Waals surface area contributed by atoms with Crippen LogP contribution in [0.3, 0.4) is 0 Å². The molecule has 4 heteroatoms. The van der Waals surface area contributed by atoms with E-state index in [-0.39, 0.29) is 0 Å². The van der Waals surface area contributed by atoms with Crippen LogP contribution in [0.25, 0.3) is 0 Å². The zero-order chi connectivity index (χ0) is 8.43. The van der Waals surface area contributed by atoms with Gasteiger partial charge in [-0.25, -0.2) is 4.98 Å². The van der Waals surface area contributed by atoms with Gasteiger partial charge in [-0.2, -0.15) is 0 Å². The van der Waals surface area contributed by atoms with Gasteiger partial charge in [0.1, 0.15) is 0 Å². The fourth-order valence-electron chi connectivity index (χ4n) is 0.850. The van der Waals surface area contributed by atoms with E-state index in [1.54, 1.807) is 6.07 Å². The minimum absolute atomic E-state index is 0.310. The normalized spacial score (nSPS) is 9.73. The fourth-order valence-corrected chi connectivity index (χ4v) is 1.17. The van der Waals surface area contributed by atoms with Crippen LogP contribution in [0, 0.1) is 6.92 Å². The van der Waals surface area contributed by atoms with Gasteiger partial charge in [-0.1, -0.05) is 11.6 Å². The maximum absolute atomic E-state index is 5.72. The largest absolute Gasteiger partial charge is 0.491 e. The first-order valence-corrected chi connectivity index (χ1v) is 3.49. The topological polar surface area (TPSA) is 48.1 Å². The van der Waals surface area contributed by atoms with E-state index in [4.69, 9.17) is 22.1 Å². The molecule has 0 saturated heterocycles. The van der Waals surface area contributed by atoms with Crippen molar-refractivity contribution in [1.29, 1.82) is 0 Å². The number of pyridine rings is 1. The number of rotatable bonds is 1. The number of hydrogen-bond donors (Lipinski definition) is 1. The smallest absolute Gasteiger partial charge is 0.179 e. The van der Waals surface area contributed by atoms with E-state index < -0.39 is 0 Å². The number of anilines is 1. The molecule has 0 aliphatic carbocycles. The molecule has 3 nitrogen and oxygen atoms in total. The number of nitrogen functional groups attached to an aromatic ring is 1. The Hall–Kier alpha value is -0.960. The predicted molar refractivity (Wildman–Crippen MR) is 44.9 cm³/mol. The zero-order valence-electron chi connectivity index (χ0n) is 6.39. The Morgan fingerprint density at radius 2 is 2.27 bits per heavy atom. The third-order valence-electron chi connectivity index (χ3n) is 1.29. The highest BCUT2D eigenvalue weighted by Crippen LogP contribution is 2.28. The molecular formula is C7H9ClN2O. The Morgan fingerprint density at radius 3 is 2.73 bits per heavy atom. The predicted octanol–water partition coefficient (Wildman–Crippen LogP) is 1.63. The van der Waals surface area contributed by atoms with Gasteiger partial charge in [0.2, 0.25) is 0 Å². The van der Waals surface area contributed by atoms with Crippen molar-refractivity contribution < 1.29 is 4.74 Å². The molecule has 0 unspecified atom stereocenters. The van der Waals surface area contributed by atoms with E-state index in [9.17, 15) is 0 Å². The Morgan fingerprint density at radius 1 is 1.64 bits per heavy atom. The van der Waals surface area contributed by atoms with Crippen LogP contribution in [0.1, 0.15) is 5.69 Å². The molecule has 0 aliphatic heterocycles. The van der Waals surface area contributed by atoms with Crippen molar-refractivity contribution in [3.63, 3.8) is 0 Å². The Labute approximate surface area is 70.1 Å². The Kier molecular flexibility index (Phi) is 2.19. The van der Waals surface area contributed by atoms with Crippen molar-refractivity contribution in [2.45, 2.75) is 6.92 Å². The summed E-state index contributed by atoms with van der Waals surface area (Å²) in [4.78, 5) is 3.97. The van der Waals surface area contributed by atoms with Crippen LogP contribution >= 0.6 is 11.6 Å². The molecule has 2 N–H and O–H groups in total. The van der Waals surface area contributed by atoms with E-state index in [1.165, 1.54) is 7.11 Å². The summed E-state index contributed by atoms with van der Waals surface area (Å²) in [5.41, 5.74) is 6.89. The van der Waals surface area contributed by atoms with E-state index >= 15 is 0 Å². The molecule has 0 aliphatic rings. The van der Waals surface area contributed by atoms with E-state index in [1.807, 2.05) is 6.92 Å². The first kappa shape index (κ1) is 8.14. The summed E-state index contributed by atoms with van der Waals surface area (Å²) in [5, 5.41) is 0.310. The molecule has 0 fully saturated rings. The number of hydrogen-bond acceptors (Lipinski definition) is 3. The molecule has 1 heterocycles. The third kappa shape index (κ3) is 1.54. The first-order chi connectivity index (χ1) is 5.15. The summed E-state index contributed by atoms with van der Waals surface area (Å²) in [6, 6.07) is 1.71. The number of halogens is 1. The summed E-state index contributed by atoms with van der Waals surface area (Å²) in [6.07, 6.45) is 0. The first-order valence-electron chi connectivity index (χ1n) is 3.11. The van der Waals surface area contributed by atoms with Crippen LogP contribution in [0.5, 0.6) is 5.75 Å². The monoisotopic (exact) mass is 172 g/mol. The van der Waals surface area contributed by atoms with Crippen molar-refractivity contribution in [3.05, 3.63) is 16.9 Å². The lowest BCUT2D eigenvalue weighted by Gasteiger charge is -2.05. The highest BCUT2D eigenvalue weighted by atomic mass is 35.5. The van der Waals surface area contributed by atoms with Crippen LogP contribution in [0.2, 0.25) is 5.15 Å². The lowest BCUT2D eigenvalue weighted by molar-refractivity contribution is 0.415. The minimum Gasteiger partial charge on any atom is -0.491 e. The molecule has 1 aromatic rings. The van der Waals surface area contributed by atoms with E-state index in [0.717, 1.165) is 5.69 Å². The van der Waals surface area contributed by atoms with Crippen LogP contribution in [-0.4, -0.2) is 12.1 Å². The lowest BCUT2D eigenvalue weighted by atomic mass is 10.3. The molecule has 0 bridgehead atoms. The summed E-state index contributed by atoms with van der Waals surface area (Å²) < 4.78 is 4.91. The van der Waals surface area contributed by atoms with Crippen LogP contribution in [0.15, 0.2) is 6.07 Å². The van der Waals surface area contributed by atoms with Gasteiger partial charge < -0.3 is 10.5 Å². The summed E-state index contributed by atoms with van der Waals surface area (Å²) in [5.74, 6) is 0.442. The van der Waals surface area contributed by atoms with Crippen molar-refractivity contribution in [1.82, 2.24) is 4.98 Å². The highest BCUT2D eigenvalue weighted by Gasteiger charge is 2.06. The van der Waals surface area contributed by atoms with Crippen molar-refractivity contribution in [3.8, 4) is 5.75 Å².